The highest BCUT2D eigenvalue weighted by molar-refractivity contribution is 5.94. The first kappa shape index (κ1) is 13.7. The second-order valence-corrected chi connectivity index (χ2v) is 4.65. The van der Waals surface area contributed by atoms with Gasteiger partial charge in [-0.3, -0.25) is 14.9 Å². The van der Waals surface area contributed by atoms with Crippen molar-refractivity contribution in [3.05, 3.63) is 60.2 Å². The molecule has 1 amide bonds. The minimum atomic E-state index is -0.349. The number of H-pyrrole nitrogens is 1. The Kier molecular flexibility index (Phi) is 3.78. The Morgan fingerprint density at radius 2 is 2.18 bits per heavy atom. The summed E-state index contributed by atoms with van der Waals surface area (Å²) in [6.45, 7) is 0. The number of aryl methyl sites for hydroxylation is 1. The molecule has 0 saturated carbocycles. The molecule has 0 saturated heterocycles. The summed E-state index contributed by atoms with van der Waals surface area (Å²) in [6, 6.07) is 9.12. The summed E-state index contributed by atoms with van der Waals surface area (Å²) >= 11 is 0. The van der Waals surface area contributed by atoms with E-state index in [9.17, 15) is 4.79 Å². The van der Waals surface area contributed by atoms with Gasteiger partial charge in [-0.05, 0) is 35.9 Å². The molecule has 7 heteroatoms. The number of carbonyl (C=O) groups excluding carboxylic acids is 1. The van der Waals surface area contributed by atoms with E-state index in [2.05, 4.69) is 25.7 Å². The Balaban J connectivity index is 1.67. The maximum absolute atomic E-state index is 12.0. The SMILES string of the molecule is Cn1cccc1-c1cc(C(=O)NN=Cc2ccncc2)[nH]n1. The van der Waals surface area contributed by atoms with Gasteiger partial charge in [0, 0.05) is 25.6 Å². The number of aromatic amines is 1. The van der Waals surface area contributed by atoms with Crippen LogP contribution in [0.1, 0.15) is 16.1 Å². The fourth-order valence-electron chi connectivity index (χ4n) is 1.97. The van der Waals surface area contributed by atoms with E-state index in [1.807, 2.05) is 29.9 Å². The van der Waals surface area contributed by atoms with Crippen molar-refractivity contribution < 1.29 is 4.79 Å². The van der Waals surface area contributed by atoms with E-state index in [-0.39, 0.29) is 5.91 Å². The summed E-state index contributed by atoms with van der Waals surface area (Å²) in [4.78, 5) is 15.9. The van der Waals surface area contributed by atoms with E-state index in [1.165, 1.54) is 0 Å². The highest BCUT2D eigenvalue weighted by Gasteiger charge is 2.11. The third-order valence-electron chi connectivity index (χ3n) is 3.11. The number of carbonyl (C=O) groups is 1. The molecule has 0 aliphatic carbocycles. The summed E-state index contributed by atoms with van der Waals surface area (Å²) in [5.41, 5.74) is 5.28. The van der Waals surface area contributed by atoms with Crippen molar-refractivity contribution in [3.63, 3.8) is 0 Å². The topological polar surface area (TPSA) is 88.0 Å². The van der Waals surface area contributed by atoms with Crippen LogP contribution in [-0.2, 0) is 7.05 Å². The van der Waals surface area contributed by atoms with E-state index in [0.717, 1.165) is 11.3 Å². The van der Waals surface area contributed by atoms with Crippen molar-refractivity contribution >= 4 is 12.1 Å². The number of aromatic nitrogens is 4. The van der Waals surface area contributed by atoms with Crippen LogP contribution in [0.5, 0.6) is 0 Å². The number of hydrogen-bond acceptors (Lipinski definition) is 4. The van der Waals surface area contributed by atoms with Crippen molar-refractivity contribution in [1.29, 1.82) is 0 Å². The monoisotopic (exact) mass is 294 g/mol. The van der Waals surface area contributed by atoms with Crippen LogP contribution in [-0.4, -0.2) is 31.9 Å². The van der Waals surface area contributed by atoms with Gasteiger partial charge < -0.3 is 4.57 Å². The smallest absolute Gasteiger partial charge is 0.289 e. The van der Waals surface area contributed by atoms with Crippen molar-refractivity contribution in [2.75, 3.05) is 0 Å². The van der Waals surface area contributed by atoms with Gasteiger partial charge in [0.05, 0.1) is 11.9 Å². The quantitative estimate of drug-likeness (QED) is 0.565. The number of rotatable bonds is 4. The molecule has 110 valence electrons. The lowest BCUT2D eigenvalue weighted by Crippen LogP contribution is -2.18. The molecule has 3 heterocycles. The fraction of sp³-hybridized carbons (Fsp3) is 0.0667. The molecule has 0 unspecified atom stereocenters. The average Bonchev–Trinajstić information content (AvgIpc) is 3.17. The highest BCUT2D eigenvalue weighted by atomic mass is 16.2. The van der Waals surface area contributed by atoms with Crippen molar-refractivity contribution in [2.24, 2.45) is 12.1 Å². The molecule has 3 aromatic heterocycles. The van der Waals surface area contributed by atoms with Crippen LogP contribution in [0.2, 0.25) is 0 Å². The van der Waals surface area contributed by atoms with Crippen LogP contribution in [0.15, 0.2) is 54.0 Å². The van der Waals surface area contributed by atoms with Gasteiger partial charge in [0.2, 0.25) is 0 Å². The molecule has 7 nitrogen and oxygen atoms in total. The van der Waals surface area contributed by atoms with Crippen LogP contribution in [0.3, 0.4) is 0 Å². The number of hydrogen-bond donors (Lipinski definition) is 2. The number of nitrogens with zero attached hydrogens (tertiary/aromatic N) is 4. The van der Waals surface area contributed by atoms with Gasteiger partial charge in [-0.1, -0.05) is 0 Å². The third-order valence-corrected chi connectivity index (χ3v) is 3.11. The molecule has 0 spiro atoms. The molecule has 2 N–H and O–H groups in total. The van der Waals surface area contributed by atoms with Gasteiger partial charge in [0.15, 0.2) is 0 Å². The average molecular weight is 294 g/mol. The number of nitrogens with one attached hydrogen (secondary N) is 2. The molecule has 0 bridgehead atoms. The minimum Gasteiger partial charge on any atom is -0.349 e. The number of pyridine rings is 1. The Hall–Kier alpha value is -3.22. The van der Waals surface area contributed by atoms with Gasteiger partial charge in [0.1, 0.15) is 11.4 Å². The highest BCUT2D eigenvalue weighted by Crippen LogP contribution is 2.17. The molecule has 22 heavy (non-hydrogen) atoms. The van der Waals surface area contributed by atoms with E-state index in [0.29, 0.717) is 11.4 Å². The summed E-state index contributed by atoms with van der Waals surface area (Å²) in [5.74, 6) is -0.349. The summed E-state index contributed by atoms with van der Waals surface area (Å²) in [6.07, 6.45) is 6.78. The second kappa shape index (κ2) is 6.04. The Morgan fingerprint density at radius 1 is 1.36 bits per heavy atom. The summed E-state index contributed by atoms with van der Waals surface area (Å²) in [7, 11) is 1.92. The first-order valence-electron chi connectivity index (χ1n) is 6.64. The van der Waals surface area contributed by atoms with E-state index < -0.39 is 0 Å². The molecule has 0 atom stereocenters. The van der Waals surface area contributed by atoms with Gasteiger partial charge in [0.25, 0.3) is 5.91 Å². The lowest BCUT2D eigenvalue weighted by molar-refractivity contribution is 0.0950. The number of amides is 1. The van der Waals surface area contributed by atoms with Crippen LogP contribution >= 0.6 is 0 Å². The standard InChI is InChI=1S/C15H14N6O/c1-21-8-2-3-14(21)12-9-13(19-18-12)15(22)20-17-10-11-4-6-16-7-5-11/h2-10H,1H3,(H,18,19)(H,20,22). The number of hydrazone groups is 1. The Labute approximate surface area is 126 Å². The lowest BCUT2D eigenvalue weighted by atomic mass is 10.3. The van der Waals surface area contributed by atoms with Gasteiger partial charge >= 0.3 is 0 Å². The predicted molar refractivity (Wildman–Crippen MR) is 82.3 cm³/mol. The summed E-state index contributed by atoms with van der Waals surface area (Å²) in [5, 5.41) is 10.8. The Bertz CT molecular complexity index is 802. The molecule has 3 rings (SSSR count). The first-order valence-corrected chi connectivity index (χ1v) is 6.64. The lowest BCUT2D eigenvalue weighted by Gasteiger charge is -1.97. The van der Waals surface area contributed by atoms with E-state index in [4.69, 9.17) is 0 Å². The largest absolute Gasteiger partial charge is 0.349 e. The molecule has 0 fully saturated rings. The zero-order valence-electron chi connectivity index (χ0n) is 11.9. The fourth-order valence-corrected chi connectivity index (χ4v) is 1.97. The zero-order chi connectivity index (χ0) is 15.4. The van der Waals surface area contributed by atoms with Gasteiger partial charge in [-0.15, -0.1) is 0 Å². The summed E-state index contributed by atoms with van der Waals surface area (Å²) < 4.78 is 1.93. The maximum Gasteiger partial charge on any atom is 0.289 e. The molecule has 3 aromatic rings. The molecule has 0 aliphatic rings. The normalized spacial score (nSPS) is 11.0. The van der Waals surface area contributed by atoms with Crippen LogP contribution in [0.25, 0.3) is 11.4 Å². The predicted octanol–water partition coefficient (Wildman–Crippen LogP) is 1.57. The van der Waals surface area contributed by atoms with E-state index in [1.54, 1.807) is 36.8 Å². The second-order valence-electron chi connectivity index (χ2n) is 4.65. The Morgan fingerprint density at radius 3 is 2.91 bits per heavy atom. The third kappa shape index (κ3) is 2.93. The van der Waals surface area contributed by atoms with Crippen molar-refractivity contribution in [1.82, 2.24) is 25.2 Å². The van der Waals surface area contributed by atoms with Crippen molar-refractivity contribution in [3.8, 4) is 11.4 Å². The van der Waals surface area contributed by atoms with Crippen LogP contribution < -0.4 is 5.43 Å². The van der Waals surface area contributed by atoms with Crippen LogP contribution in [0, 0.1) is 0 Å². The molecule has 0 aliphatic heterocycles. The molecular formula is C15H14N6O. The van der Waals surface area contributed by atoms with Crippen molar-refractivity contribution in [2.45, 2.75) is 0 Å². The molecule has 0 aromatic carbocycles. The van der Waals surface area contributed by atoms with Gasteiger partial charge in [-0.25, -0.2) is 5.43 Å². The minimum absolute atomic E-state index is 0.349. The van der Waals surface area contributed by atoms with E-state index >= 15 is 0 Å². The maximum atomic E-state index is 12.0. The van der Waals surface area contributed by atoms with Gasteiger partial charge in [-0.2, -0.15) is 10.2 Å². The zero-order valence-corrected chi connectivity index (χ0v) is 11.9. The van der Waals surface area contributed by atoms with Crippen LogP contribution in [0.4, 0.5) is 0 Å². The first-order chi connectivity index (χ1) is 10.7. The molecule has 0 radical (unpaired) electrons. The molecular weight excluding hydrogens is 280 g/mol.